The minimum atomic E-state index is 0.537. The molecular formula is C5H5N4P. The maximum absolute atomic E-state index is 5.55. The molecule has 0 aliphatic heterocycles. The summed E-state index contributed by atoms with van der Waals surface area (Å²) in [5, 5.41) is 0.975. The van der Waals surface area contributed by atoms with E-state index < -0.39 is 0 Å². The molecule has 0 spiro atoms. The first-order valence-electron chi connectivity index (χ1n) is 2.77. The van der Waals surface area contributed by atoms with Crippen LogP contribution < -0.4 is 5.73 Å². The van der Waals surface area contributed by atoms with Gasteiger partial charge in [0.15, 0.2) is 5.65 Å². The van der Waals surface area contributed by atoms with Gasteiger partial charge in [0.2, 0.25) is 0 Å². The Hall–Kier alpha value is -1.15. The summed E-state index contributed by atoms with van der Waals surface area (Å²) in [6.07, 6.45) is 1.43. The molecule has 2 aromatic rings. The molecule has 0 fully saturated rings. The van der Waals surface area contributed by atoms with Gasteiger partial charge >= 0.3 is 0 Å². The van der Waals surface area contributed by atoms with Gasteiger partial charge < -0.3 is 5.73 Å². The summed E-state index contributed by atoms with van der Waals surface area (Å²) in [5.74, 6) is 2.37. The quantitative estimate of drug-likeness (QED) is 0.601. The van der Waals surface area contributed by atoms with Gasteiger partial charge in [-0.1, -0.05) is 0 Å². The highest BCUT2D eigenvalue weighted by Crippen LogP contribution is 2.23. The second kappa shape index (κ2) is 1.92. The SMILES string of the molecule is Nc1ncnc2nc[pH]c12. The molecule has 0 saturated heterocycles. The van der Waals surface area contributed by atoms with Crippen molar-refractivity contribution in [2.45, 2.75) is 0 Å². The Bertz CT molecular complexity index is 355. The van der Waals surface area contributed by atoms with Crippen LogP contribution in [0.2, 0.25) is 0 Å². The average Bonchev–Trinajstić information content (AvgIpc) is 2.36. The smallest absolute Gasteiger partial charge is 0.168 e. The third-order valence-corrected chi connectivity index (χ3v) is 2.28. The molecule has 0 amide bonds. The fourth-order valence-electron chi connectivity index (χ4n) is 0.784. The van der Waals surface area contributed by atoms with E-state index in [1.807, 2.05) is 5.93 Å². The van der Waals surface area contributed by atoms with Crippen LogP contribution in [-0.4, -0.2) is 15.0 Å². The maximum Gasteiger partial charge on any atom is 0.168 e. The van der Waals surface area contributed by atoms with Crippen LogP contribution in [-0.2, 0) is 0 Å². The monoisotopic (exact) mass is 152 g/mol. The van der Waals surface area contributed by atoms with Gasteiger partial charge in [-0.15, -0.1) is 8.19 Å². The van der Waals surface area contributed by atoms with Crippen molar-refractivity contribution >= 4 is 24.8 Å². The Balaban J connectivity index is 2.95. The van der Waals surface area contributed by atoms with E-state index in [0.717, 1.165) is 10.8 Å². The number of aromatic nitrogens is 3. The summed E-state index contributed by atoms with van der Waals surface area (Å²) in [4.78, 5) is 11.8. The standard InChI is InChI=1S/C5H5N4P/c6-4-3-5(8-1-7-4)9-2-10-3/h1-2,10H,(H2,6,7,8). The van der Waals surface area contributed by atoms with Gasteiger partial charge in [0.25, 0.3) is 0 Å². The first-order chi connectivity index (χ1) is 4.88. The van der Waals surface area contributed by atoms with Crippen LogP contribution in [0.4, 0.5) is 5.82 Å². The van der Waals surface area contributed by atoms with Gasteiger partial charge in [0, 0.05) is 5.93 Å². The minimum Gasteiger partial charge on any atom is -0.383 e. The molecule has 0 radical (unpaired) electrons. The number of fused-ring (bicyclic) bond motifs is 1. The van der Waals surface area contributed by atoms with Gasteiger partial charge in [0.1, 0.15) is 12.1 Å². The van der Waals surface area contributed by atoms with Crippen LogP contribution in [0.15, 0.2) is 12.3 Å². The van der Waals surface area contributed by atoms with Crippen molar-refractivity contribution in [2.24, 2.45) is 0 Å². The van der Waals surface area contributed by atoms with Crippen LogP contribution in [0.5, 0.6) is 0 Å². The topological polar surface area (TPSA) is 64.7 Å². The van der Waals surface area contributed by atoms with Crippen molar-refractivity contribution in [3.63, 3.8) is 0 Å². The molecule has 1 atom stereocenters. The molecule has 0 aliphatic rings. The third-order valence-electron chi connectivity index (χ3n) is 1.25. The highest BCUT2D eigenvalue weighted by Gasteiger charge is 1.98. The molecule has 2 heterocycles. The molecule has 0 aromatic carbocycles. The zero-order chi connectivity index (χ0) is 6.97. The Morgan fingerprint density at radius 3 is 3.00 bits per heavy atom. The van der Waals surface area contributed by atoms with Crippen LogP contribution in [0.3, 0.4) is 0 Å². The molecule has 2 aromatic heterocycles. The number of hydrogen-bond acceptors (Lipinski definition) is 4. The van der Waals surface area contributed by atoms with Gasteiger partial charge in [0.05, 0.1) is 5.12 Å². The van der Waals surface area contributed by atoms with E-state index in [4.69, 9.17) is 5.73 Å². The van der Waals surface area contributed by atoms with E-state index in [0.29, 0.717) is 14.0 Å². The zero-order valence-electron chi connectivity index (χ0n) is 5.07. The van der Waals surface area contributed by atoms with Gasteiger partial charge in [-0.05, 0) is 0 Å². The summed E-state index contributed by atoms with van der Waals surface area (Å²) in [7, 11) is 0.537. The lowest BCUT2D eigenvalue weighted by Crippen LogP contribution is -1.89. The van der Waals surface area contributed by atoms with Crippen molar-refractivity contribution in [1.29, 1.82) is 0 Å². The van der Waals surface area contributed by atoms with E-state index in [-0.39, 0.29) is 0 Å². The highest BCUT2D eigenvalue weighted by molar-refractivity contribution is 7.36. The minimum absolute atomic E-state index is 0.537. The Morgan fingerprint density at radius 1 is 1.30 bits per heavy atom. The van der Waals surface area contributed by atoms with E-state index in [9.17, 15) is 0 Å². The van der Waals surface area contributed by atoms with E-state index in [1.165, 1.54) is 6.33 Å². The number of hydrogen-bond donors (Lipinski definition) is 1. The summed E-state index contributed by atoms with van der Waals surface area (Å²) < 4.78 is 0. The Labute approximate surface area is 58.6 Å². The molecule has 2 N–H and O–H groups in total. The predicted molar refractivity (Wildman–Crippen MR) is 41.2 cm³/mol. The third kappa shape index (κ3) is 0.660. The van der Waals surface area contributed by atoms with Crippen LogP contribution in [0.1, 0.15) is 0 Å². The van der Waals surface area contributed by atoms with Gasteiger partial charge in [-0.2, -0.15) is 0 Å². The molecular weight excluding hydrogens is 147 g/mol. The van der Waals surface area contributed by atoms with Crippen molar-refractivity contribution in [1.82, 2.24) is 15.0 Å². The Kier molecular flexibility index (Phi) is 1.08. The van der Waals surface area contributed by atoms with Crippen LogP contribution in [0, 0.1) is 0 Å². The average molecular weight is 152 g/mol. The number of nitrogen functional groups attached to an aromatic ring is 1. The lowest BCUT2D eigenvalue weighted by atomic mass is 10.6. The number of nitrogens with zero attached hydrogens (tertiary/aromatic N) is 3. The summed E-state index contributed by atoms with van der Waals surface area (Å²) in [5.41, 5.74) is 6.28. The molecule has 0 aliphatic carbocycles. The molecule has 2 rings (SSSR count). The lowest BCUT2D eigenvalue weighted by Gasteiger charge is -1.89. The van der Waals surface area contributed by atoms with Gasteiger partial charge in [-0.3, -0.25) is 0 Å². The first kappa shape index (κ1) is 5.62. The zero-order valence-corrected chi connectivity index (χ0v) is 6.07. The first-order valence-corrected chi connectivity index (χ1v) is 3.85. The van der Waals surface area contributed by atoms with Crippen molar-refractivity contribution in [3.05, 3.63) is 12.3 Å². The van der Waals surface area contributed by atoms with Gasteiger partial charge in [-0.25, -0.2) is 15.0 Å². The summed E-state index contributed by atoms with van der Waals surface area (Å²) >= 11 is 0. The molecule has 5 heteroatoms. The van der Waals surface area contributed by atoms with E-state index >= 15 is 0 Å². The highest BCUT2D eigenvalue weighted by atomic mass is 31.0. The molecule has 1 unspecified atom stereocenters. The second-order valence-corrected chi connectivity index (χ2v) is 2.91. The fraction of sp³-hybridized carbons (Fsp3) is 0. The Morgan fingerprint density at radius 2 is 2.20 bits per heavy atom. The van der Waals surface area contributed by atoms with E-state index in [2.05, 4.69) is 15.0 Å². The number of nitrogens with two attached hydrogens (primary N) is 1. The van der Waals surface area contributed by atoms with Crippen molar-refractivity contribution in [3.8, 4) is 0 Å². The number of rotatable bonds is 0. The molecule has 50 valence electrons. The molecule has 4 nitrogen and oxygen atoms in total. The normalized spacial score (nSPS) is 11.2. The maximum atomic E-state index is 5.55. The molecule has 0 saturated carbocycles. The van der Waals surface area contributed by atoms with E-state index in [1.54, 1.807) is 0 Å². The predicted octanol–water partition coefficient (Wildman–Crippen LogP) is 0.638. The molecule has 0 bridgehead atoms. The summed E-state index contributed by atoms with van der Waals surface area (Å²) in [6, 6.07) is 0. The summed E-state index contributed by atoms with van der Waals surface area (Å²) in [6.45, 7) is 0. The van der Waals surface area contributed by atoms with Crippen molar-refractivity contribution < 1.29 is 0 Å². The molecule has 10 heavy (non-hydrogen) atoms. The second-order valence-electron chi connectivity index (χ2n) is 1.86. The van der Waals surface area contributed by atoms with Crippen LogP contribution >= 0.6 is 8.19 Å². The fourth-order valence-corrected chi connectivity index (χ4v) is 1.57. The van der Waals surface area contributed by atoms with Crippen LogP contribution in [0.25, 0.3) is 10.8 Å². The van der Waals surface area contributed by atoms with Crippen molar-refractivity contribution in [2.75, 3.05) is 5.73 Å². The largest absolute Gasteiger partial charge is 0.383 e. The lowest BCUT2D eigenvalue weighted by molar-refractivity contribution is 1.21. The number of anilines is 1.